The first kappa shape index (κ1) is 34.1. The number of nitrogens with one attached hydrogen (secondary N) is 1. The van der Waals surface area contributed by atoms with E-state index in [1.165, 1.54) is 47.3 Å². The fourth-order valence-corrected chi connectivity index (χ4v) is 10.4. The van der Waals surface area contributed by atoms with Crippen LogP contribution in [-0.4, -0.2) is 16.2 Å². The van der Waals surface area contributed by atoms with E-state index in [0.29, 0.717) is 11.7 Å². The van der Waals surface area contributed by atoms with E-state index in [0.717, 1.165) is 60.9 Å². The molecule has 0 saturated carbocycles. The third-order valence-electron chi connectivity index (χ3n) is 12.2. The summed E-state index contributed by atoms with van der Waals surface area (Å²) < 4.78 is 11.7. The minimum absolute atomic E-state index is 0.412. The zero-order valence-electron chi connectivity index (χ0n) is 32.7. The number of rotatable bonds is 5. The number of nitrogens with zero attached hydrogens (tertiary/aromatic N) is 3. The van der Waals surface area contributed by atoms with E-state index < -0.39 is 6.17 Å². The summed E-state index contributed by atoms with van der Waals surface area (Å²) in [7, 11) is 0. The topological polar surface area (TPSA) is 54.8 Å². The SMILES string of the molecule is c1ccc(-c2ccc(C3N=C(c4ccc5sc6ccccc6c5c4)N=C(c4cc(-n5c6ccccc6c6cc7ccccc7cc65)cc5c4oc4ccccc45)N3)cc2)cc1. The monoisotopic (exact) mass is 798 g/mol. The Labute approximate surface area is 354 Å². The van der Waals surface area contributed by atoms with Crippen molar-refractivity contribution < 1.29 is 4.42 Å². The molecule has 0 radical (unpaired) electrons. The molecule has 6 heteroatoms. The molecule has 9 aromatic carbocycles. The maximum Gasteiger partial charge on any atom is 0.159 e. The first-order valence-electron chi connectivity index (χ1n) is 20.6. The number of hydrogen-bond acceptors (Lipinski definition) is 5. The van der Waals surface area contributed by atoms with Gasteiger partial charge in [0.1, 0.15) is 23.2 Å². The predicted molar refractivity (Wildman–Crippen MR) is 256 cm³/mol. The number of aliphatic imine (C=N–C) groups is 2. The summed E-state index contributed by atoms with van der Waals surface area (Å²) in [6.07, 6.45) is -0.412. The average Bonchev–Trinajstić information content (AvgIpc) is 4.00. The summed E-state index contributed by atoms with van der Waals surface area (Å²) in [5, 5.41) is 13.2. The van der Waals surface area contributed by atoms with Crippen LogP contribution in [0.3, 0.4) is 0 Å². The molecule has 0 spiro atoms. The molecule has 1 unspecified atom stereocenters. The lowest BCUT2D eigenvalue weighted by Gasteiger charge is -2.24. The van der Waals surface area contributed by atoms with E-state index in [1.807, 2.05) is 29.5 Å². The Morgan fingerprint density at radius 2 is 1.18 bits per heavy atom. The Kier molecular flexibility index (Phi) is 7.47. The van der Waals surface area contributed by atoms with Crippen molar-refractivity contribution in [2.75, 3.05) is 0 Å². The van der Waals surface area contributed by atoms with Crippen molar-refractivity contribution >= 4 is 97.7 Å². The van der Waals surface area contributed by atoms with Crippen LogP contribution in [0.2, 0.25) is 0 Å². The first-order chi connectivity index (χ1) is 30.2. The largest absolute Gasteiger partial charge is 0.455 e. The van der Waals surface area contributed by atoms with Crippen molar-refractivity contribution in [1.82, 2.24) is 9.88 Å². The third-order valence-corrected chi connectivity index (χ3v) is 13.4. The van der Waals surface area contributed by atoms with Crippen LogP contribution in [0.5, 0.6) is 0 Å². The molecular weight excluding hydrogens is 765 g/mol. The molecular formula is C55H34N4OS. The molecule has 1 N–H and O–H groups in total. The van der Waals surface area contributed by atoms with Gasteiger partial charge in [0.15, 0.2) is 5.84 Å². The lowest BCUT2D eigenvalue weighted by Crippen LogP contribution is -2.33. The van der Waals surface area contributed by atoms with Gasteiger partial charge in [0.2, 0.25) is 0 Å². The minimum atomic E-state index is -0.412. The Morgan fingerprint density at radius 3 is 2.05 bits per heavy atom. The highest BCUT2D eigenvalue weighted by Crippen LogP contribution is 2.40. The number of hydrogen-bond donors (Lipinski definition) is 1. The number of thiophene rings is 1. The maximum absolute atomic E-state index is 6.82. The Bertz CT molecular complexity index is 3800. The molecule has 5 nitrogen and oxygen atoms in total. The van der Waals surface area contributed by atoms with Crippen molar-refractivity contribution in [2.24, 2.45) is 9.98 Å². The van der Waals surface area contributed by atoms with Gasteiger partial charge >= 0.3 is 0 Å². The van der Waals surface area contributed by atoms with Gasteiger partial charge in [-0.3, -0.25) is 0 Å². The normalized spacial score (nSPS) is 14.4. The van der Waals surface area contributed by atoms with Gasteiger partial charge in [-0.2, -0.15) is 0 Å². The second-order valence-corrected chi connectivity index (χ2v) is 16.9. The fraction of sp³-hybridized carbons (Fsp3) is 0.0182. The molecule has 0 bridgehead atoms. The van der Waals surface area contributed by atoms with Crippen LogP contribution in [-0.2, 0) is 0 Å². The molecule has 3 aromatic heterocycles. The number of amidine groups is 2. The quantitative estimate of drug-likeness (QED) is 0.189. The van der Waals surface area contributed by atoms with Gasteiger partial charge in [-0.15, -0.1) is 11.3 Å². The van der Waals surface area contributed by atoms with Crippen LogP contribution in [0.4, 0.5) is 0 Å². The number of benzene rings is 9. The van der Waals surface area contributed by atoms with Gasteiger partial charge in [0.25, 0.3) is 0 Å². The van der Waals surface area contributed by atoms with Gasteiger partial charge in [-0.1, -0.05) is 133 Å². The van der Waals surface area contributed by atoms with Crippen LogP contribution in [0.15, 0.2) is 209 Å². The van der Waals surface area contributed by atoms with E-state index in [2.05, 4.69) is 186 Å². The number of furan rings is 1. The van der Waals surface area contributed by atoms with Gasteiger partial charge in [0.05, 0.1) is 16.6 Å². The zero-order valence-corrected chi connectivity index (χ0v) is 33.5. The second-order valence-electron chi connectivity index (χ2n) is 15.8. The first-order valence-corrected chi connectivity index (χ1v) is 21.4. The molecule has 4 heterocycles. The van der Waals surface area contributed by atoms with Crippen LogP contribution in [0.25, 0.3) is 91.5 Å². The van der Waals surface area contributed by atoms with E-state index >= 15 is 0 Å². The number of aromatic nitrogens is 1. The fourth-order valence-electron chi connectivity index (χ4n) is 9.29. The van der Waals surface area contributed by atoms with Crippen molar-refractivity contribution in [3.8, 4) is 16.8 Å². The highest BCUT2D eigenvalue weighted by atomic mass is 32.1. The van der Waals surface area contributed by atoms with Crippen LogP contribution >= 0.6 is 11.3 Å². The summed E-state index contributed by atoms with van der Waals surface area (Å²) in [5.74, 6) is 1.37. The van der Waals surface area contributed by atoms with Crippen molar-refractivity contribution in [3.63, 3.8) is 0 Å². The van der Waals surface area contributed by atoms with Crippen molar-refractivity contribution in [2.45, 2.75) is 6.17 Å². The molecule has 286 valence electrons. The molecule has 0 amide bonds. The van der Waals surface area contributed by atoms with Gasteiger partial charge < -0.3 is 14.3 Å². The summed E-state index contributed by atoms with van der Waals surface area (Å²) in [5.41, 5.74) is 10.1. The lowest BCUT2D eigenvalue weighted by atomic mass is 10.0. The molecule has 61 heavy (non-hydrogen) atoms. The number of para-hydroxylation sites is 2. The van der Waals surface area contributed by atoms with E-state index in [9.17, 15) is 0 Å². The number of fused-ring (bicyclic) bond motifs is 10. The summed E-state index contributed by atoms with van der Waals surface area (Å²) in [6, 6.07) is 69.2. The maximum atomic E-state index is 6.82. The predicted octanol–water partition coefficient (Wildman–Crippen LogP) is 14.4. The summed E-state index contributed by atoms with van der Waals surface area (Å²) in [6.45, 7) is 0. The van der Waals surface area contributed by atoms with Gasteiger partial charge in [-0.25, -0.2) is 9.98 Å². The molecule has 13 rings (SSSR count). The smallest absolute Gasteiger partial charge is 0.159 e. The molecule has 0 saturated heterocycles. The minimum Gasteiger partial charge on any atom is -0.455 e. The van der Waals surface area contributed by atoms with E-state index in [4.69, 9.17) is 14.4 Å². The Hall–Kier alpha value is -7.80. The van der Waals surface area contributed by atoms with E-state index in [1.54, 1.807) is 0 Å². The molecule has 1 aliphatic heterocycles. The van der Waals surface area contributed by atoms with Crippen LogP contribution in [0.1, 0.15) is 22.9 Å². The third kappa shape index (κ3) is 5.46. The molecule has 12 aromatic rings. The van der Waals surface area contributed by atoms with Crippen molar-refractivity contribution in [1.29, 1.82) is 0 Å². The standard InChI is InChI=1S/C55H34N4OS/c1-2-12-33(13-3-1)34-22-24-35(25-23-34)53-56-54(38-26-27-51-44(29-38)42-18-8-11-21-50(42)61-51)58-55(57-53)46-32-39(31-45-41-17-7-10-20-49(41)60-52(45)46)59-47-19-9-6-16-40(47)43-28-36-14-4-5-15-37(36)30-48(43)59/h1-32,53H,(H,56,57,58). The zero-order chi connectivity index (χ0) is 40.0. The van der Waals surface area contributed by atoms with E-state index in [-0.39, 0.29) is 0 Å². The van der Waals surface area contributed by atoms with Gasteiger partial charge in [0, 0.05) is 53.0 Å². The average molecular weight is 799 g/mol. The van der Waals surface area contributed by atoms with Gasteiger partial charge in [-0.05, 0) is 88.1 Å². The summed E-state index contributed by atoms with van der Waals surface area (Å²) in [4.78, 5) is 10.8. The second kappa shape index (κ2) is 13.4. The highest BCUT2D eigenvalue weighted by Gasteiger charge is 2.26. The highest BCUT2D eigenvalue weighted by molar-refractivity contribution is 7.25. The molecule has 0 fully saturated rings. The Morgan fingerprint density at radius 1 is 0.492 bits per heavy atom. The van der Waals surface area contributed by atoms with Crippen LogP contribution in [0, 0.1) is 0 Å². The molecule has 1 atom stereocenters. The molecule has 1 aliphatic rings. The lowest BCUT2D eigenvalue weighted by molar-refractivity contribution is 0.659. The Balaban J connectivity index is 1.05. The van der Waals surface area contributed by atoms with Crippen LogP contribution < -0.4 is 5.32 Å². The molecule has 0 aliphatic carbocycles. The van der Waals surface area contributed by atoms with Crippen molar-refractivity contribution in [3.05, 3.63) is 211 Å². The summed E-state index contributed by atoms with van der Waals surface area (Å²) >= 11 is 1.81.